The van der Waals surface area contributed by atoms with Gasteiger partial charge in [0, 0.05) is 0 Å². The van der Waals surface area contributed by atoms with Gasteiger partial charge in [0.2, 0.25) is 0 Å². The summed E-state index contributed by atoms with van der Waals surface area (Å²) in [4.78, 5) is 0. The van der Waals surface area contributed by atoms with E-state index in [2.05, 4.69) is 38.1 Å². The zero-order chi connectivity index (χ0) is 11.8. The average Bonchev–Trinajstić information content (AvgIpc) is 2.35. The van der Waals surface area contributed by atoms with Gasteiger partial charge < -0.3 is 0 Å². The molecule has 1 nitrogen and oxygen atoms in total. The zero-order valence-corrected chi connectivity index (χ0v) is 9.64. The molecule has 0 saturated carbocycles. The van der Waals surface area contributed by atoms with Crippen LogP contribution in [0.1, 0.15) is 16.7 Å². The predicted octanol–water partition coefficient (Wildman–Crippen LogP) is 3.86. The molecule has 0 heterocycles. The highest BCUT2D eigenvalue weighted by Gasteiger charge is 1.80. The van der Waals surface area contributed by atoms with Crippen molar-refractivity contribution in [2.24, 2.45) is 0 Å². The number of nitriles is 1. The Morgan fingerprint density at radius 3 is 1.50 bits per heavy atom. The first-order valence-electron chi connectivity index (χ1n) is 5.21. The lowest BCUT2D eigenvalue weighted by atomic mass is 10.2. The van der Waals surface area contributed by atoms with Crippen LogP contribution in [0.15, 0.2) is 54.6 Å². The Morgan fingerprint density at radius 2 is 1.19 bits per heavy atom. The van der Waals surface area contributed by atoms with Gasteiger partial charge >= 0.3 is 0 Å². The zero-order valence-electron chi connectivity index (χ0n) is 9.64. The van der Waals surface area contributed by atoms with Crippen LogP contribution in [0.4, 0.5) is 0 Å². The van der Waals surface area contributed by atoms with Gasteiger partial charge in [-0.3, -0.25) is 0 Å². The second kappa shape index (κ2) is 6.42. The van der Waals surface area contributed by atoms with E-state index >= 15 is 0 Å². The summed E-state index contributed by atoms with van der Waals surface area (Å²) in [5.41, 5.74) is 3.37. The van der Waals surface area contributed by atoms with Crippen molar-refractivity contribution in [1.82, 2.24) is 0 Å². The second-order valence-electron chi connectivity index (χ2n) is 3.63. The predicted molar refractivity (Wildman–Crippen MR) is 67.1 cm³/mol. The van der Waals surface area contributed by atoms with Crippen LogP contribution in [0.5, 0.6) is 0 Å². The van der Waals surface area contributed by atoms with Gasteiger partial charge in [-0.1, -0.05) is 53.6 Å². The minimum atomic E-state index is 0.715. The number of hydrogen-bond donors (Lipinski definition) is 0. The Balaban J connectivity index is 0.000000160. The van der Waals surface area contributed by atoms with Gasteiger partial charge in [-0.2, -0.15) is 5.26 Å². The first-order chi connectivity index (χ1) is 7.72. The number of aryl methyl sites for hydroxylation is 2. The largest absolute Gasteiger partial charge is 0.192 e. The summed E-state index contributed by atoms with van der Waals surface area (Å²) < 4.78 is 0. The van der Waals surface area contributed by atoms with Gasteiger partial charge in [0.1, 0.15) is 0 Å². The molecule has 0 fully saturated rings. The summed E-state index contributed by atoms with van der Waals surface area (Å²) >= 11 is 0. The molecule has 0 aromatic heterocycles. The van der Waals surface area contributed by atoms with Gasteiger partial charge in [-0.15, -0.1) is 0 Å². The molecule has 0 amide bonds. The third kappa shape index (κ3) is 4.43. The van der Waals surface area contributed by atoms with Crippen molar-refractivity contribution in [2.75, 3.05) is 0 Å². The molecule has 0 N–H and O–H groups in total. The van der Waals surface area contributed by atoms with Crippen LogP contribution in [0, 0.1) is 25.2 Å². The maximum absolute atomic E-state index is 8.29. The molecule has 2 aromatic rings. The van der Waals surface area contributed by atoms with E-state index in [-0.39, 0.29) is 0 Å². The van der Waals surface area contributed by atoms with Crippen molar-refractivity contribution in [1.29, 1.82) is 5.26 Å². The summed E-state index contributed by atoms with van der Waals surface area (Å²) in [7, 11) is 0. The van der Waals surface area contributed by atoms with Crippen LogP contribution in [0.25, 0.3) is 0 Å². The van der Waals surface area contributed by atoms with E-state index < -0.39 is 0 Å². The Hall–Kier alpha value is -2.07. The molecule has 16 heavy (non-hydrogen) atoms. The number of benzene rings is 2. The highest BCUT2D eigenvalue weighted by Crippen LogP contribution is 1.99. The fourth-order valence-electron chi connectivity index (χ4n) is 1.15. The van der Waals surface area contributed by atoms with Gasteiger partial charge in [0.25, 0.3) is 0 Å². The maximum atomic E-state index is 8.29. The minimum absolute atomic E-state index is 0.715. The third-order valence-corrected chi connectivity index (χ3v) is 2.12. The van der Waals surface area contributed by atoms with Gasteiger partial charge in [0.05, 0.1) is 11.6 Å². The molecule has 0 aliphatic carbocycles. The van der Waals surface area contributed by atoms with E-state index in [1.807, 2.05) is 24.3 Å². The molecule has 2 aromatic carbocycles. The van der Waals surface area contributed by atoms with E-state index in [0.29, 0.717) is 5.56 Å². The summed E-state index contributed by atoms with van der Waals surface area (Å²) in [5, 5.41) is 8.29. The summed E-state index contributed by atoms with van der Waals surface area (Å²) in [5.74, 6) is 0. The van der Waals surface area contributed by atoms with Crippen molar-refractivity contribution in [3.63, 3.8) is 0 Å². The first-order valence-corrected chi connectivity index (χ1v) is 5.21. The summed E-state index contributed by atoms with van der Waals surface area (Å²) in [6, 6.07) is 19.6. The highest BCUT2D eigenvalue weighted by molar-refractivity contribution is 5.27. The molecule has 0 aliphatic rings. The molecule has 0 saturated heterocycles. The van der Waals surface area contributed by atoms with Gasteiger partial charge in [-0.05, 0) is 26.0 Å². The first kappa shape index (κ1) is 12.0. The van der Waals surface area contributed by atoms with Crippen molar-refractivity contribution < 1.29 is 0 Å². The minimum Gasteiger partial charge on any atom is -0.192 e. The van der Waals surface area contributed by atoms with Crippen molar-refractivity contribution in [2.45, 2.75) is 13.8 Å². The van der Waals surface area contributed by atoms with Gasteiger partial charge in [0.15, 0.2) is 0 Å². The van der Waals surface area contributed by atoms with Gasteiger partial charge in [-0.25, -0.2) is 0 Å². The van der Waals surface area contributed by atoms with E-state index in [4.69, 9.17) is 5.26 Å². The third-order valence-electron chi connectivity index (χ3n) is 2.12. The van der Waals surface area contributed by atoms with Crippen molar-refractivity contribution >= 4 is 0 Å². The SMILES string of the molecule is Cc1ccc(C)cc1.N#Cc1ccccc1. The second-order valence-corrected chi connectivity index (χ2v) is 3.63. The Bertz CT molecular complexity index is 428. The van der Waals surface area contributed by atoms with Crippen molar-refractivity contribution in [3.05, 3.63) is 71.3 Å². The lowest BCUT2D eigenvalue weighted by Crippen LogP contribution is -1.70. The van der Waals surface area contributed by atoms with E-state index in [9.17, 15) is 0 Å². The van der Waals surface area contributed by atoms with E-state index in [1.165, 1.54) is 11.1 Å². The van der Waals surface area contributed by atoms with E-state index in [1.54, 1.807) is 12.1 Å². The van der Waals surface area contributed by atoms with E-state index in [0.717, 1.165) is 0 Å². The standard InChI is InChI=1S/C8H10.C7H5N/c1-7-3-5-8(2)6-4-7;8-6-7-4-2-1-3-5-7/h3-6H,1-2H3;1-5H. The topological polar surface area (TPSA) is 23.8 Å². The van der Waals surface area contributed by atoms with Crippen LogP contribution < -0.4 is 0 Å². The molecular formula is C15H15N. The van der Waals surface area contributed by atoms with Crippen LogP contribution in [-0.4, -0.2) is 0 Å². The Morgan fingerprint density at radius 1 is 0.750 bits per heavy atom. The Labute approximate surface area is 97.0 Å². The normalized spacial score (nSPS) is 8.56. The lowest BCUT2D eigenvalue weighted by Gasteiger charge is -1.90. The van der Waals surface area contributed by atoms with Crippen LogP contribution in [-0.2, 0) is 0 Å². The fraction of sp³-hybridized carbons (Fsp3) is 0.133. The molecule has 0 radical (unpaired) electrons. The van der Waals surface area contributed by atoms with Crippen molar-refractivity contribution in [3.8, 4) is 6.07 Å². The quantitative estimate of drug-likeness (QED) is 0.646. The summed E-state index contributed by atoms with van der Waals surface area (Å²) in [6.07, 6.45) is 0. The summed E-state index contributed by atoms with van der Waals surface area (Å²) in [6.45, 7) is 4.19. The Kier molecular flexibility index (Phi) is 4.82. The average molecular weight is 209 g/mol. The number of hydrogen-bond acceptors (Lipinski definition) is 1. The molecule has 80 valence electrons. The molecule has 1 heteroatoms. The number of rotatable bonds is 0. The lowest BCUT2D eigenvalue weighted by molar-refractivity contribution is 1.40. The molecule has 0 bridgehead atoms. The van der Waals surface area contributed by atoms with Crippen LogP contribution >= 0.6 is 0 Å². The molecule has 0 spiro atoms. The van der Waals surface area contributed by atoms with Crippen LogP contribution in [0.3, 0.4) is 0 Å². The molecule has 0 unspecified atom stereocenters. The molecule has 0 aliphatic heterocycles. The highest BCUT2D eigenvalue weighted by atomic mass is 14.2. The maximum Gasteiger partial charge on any atom is 0.0991 e. The van der Waals surface area contributed by atoms with Crippen LogP contribution in [0.2, 0.25) is 0 Å². The molecule has 2 rings (SSSR count). The smallest absolute Gasteiger partial charge is 0.0991 e. The fourth-order valence-corrected chi connectivity index (χ4v) is 1.15. The molecule has 0 atom stereocenters. The monoisotopic (exact) mass is 209 g/mol. The molecular weight excluding hydrogens is 194 g/mol. The number of nitrogens with zero attached hydrogens (tertiary/aromatic N) is 1.